The molecular weight excluding hydrogens is 454 g/mol. The molecular formula is C24H21F4N3O3. The van der Waals surface area contributed by atoms with E-state index >= 15 is 0 Å². The van der Waals surface area contributed by atoms with E-state index in [4.69, 9.17) is 0 Å². The van der Waals surface area contributed by atoms with Crippen LogP contribution in [0.4, 0.5) is 23.2 Å². The lowest BCUT2D eigenvalue weighted by atomic mass is 9.97. The second kappa shape index (κ2) is 9.30. The molecule has 10 heteroatoms. The number of halogens is 4. The van der Waals surface area contributed by atoms with E-state index in [1.165, 1.54) is 30.6 Å². The minimum atomic E-state index is -4.50. The van der Waals surface area contributed by atoms with Crippen LogP contribution in [-0.2, 0) is 6.54 Å². The van der Waals surface area contributed by atoms with Gasteiger partial charge in [-0.3, -0.25) is 9.88 Å². The molecule has 4 rings (SSSR count). The first-order chi connectivity index (χ1) is 16.1. The van der Waals surface area contributed by atoms with Crippen molar-refractivity contribution in [2.24, 2.45) is 0 Å². The van der Waals surface area contributed by atoms with Crippen LogP contribution in [0, 0.1) is 5.82 Å². The predicted molar refractivity (Wildman–Crippen MR) is 117 cm³/mol. The molecule has 1 aromatic heterocycles. The normalized spacial score (nSPS) is 15.7. The highest BCUT2D eigenvalue weighted by molar-refractivity contribution is 5.93. The van der Waals surface area contributed by atoms with E-state index in [1.807, 2.05) is 19.2 Å². The fourth-order valence-electron chi connectivity index (χ4n) is 4.03. The van der Waals surface area contributed by atoms with Gasteiger partial charge in [0, 0.05) is 30.9 Å². The Kier molecular flexibility index (Phi) is 6.43. The van der Waals surface area contributed by atoms with Crippen LogP contribution in [0.3, 0.4) is 0 Å². The third-order valence-corrected chi connectivity index (χ3v) is 5.65. The van der Waals surface area contributed by atoms with Crippen molar-refractivity contribution in [2.45, 2.75) is 18.8 Å². The third kappa shape index (κ3) is 5.12. The van der Waals surface area contributed by atoms with E-state index in [0.717, 1.165) is 17.2 Å². The molecule has 0 saturated heterocycles. The first kappa shape index (κ1) is 23.5. The molecule has 0 radical (unpaired) electrons. The van der Waals surface area contributed by atoms with Crippen molar-refractivity contribution in [3.05, 3.63) is 77.4 Å². The lowest BCUT2D eigenvalue weighted by molar-refractivity contribution is -0.153. The molecule has 0 aliphatic carbocycles. The quantitative estimate of drug-likeness (QED) is 0.462. The zero-order chi connectivity index (χ0) is 24.5. The van der Waals surface area contributed by atoms with Gasteiger partial charge >= 0.3 is 12.1 Å². The van der Waals surface area contributed by atoms with Crippen molar-refractivity contribution in [3.63, 3.8) is 0 Å². The molecule has 0 unspecified atom stereocenters. The van der Waals surface area contributed by atoms with E-state index in [2.05, 4.69) is 19.9 Å². The van der Waals surface area contributed by atoms with Crippen LogP contribution in [0.1, 0.15) is 27.5 Å². The van der Waals surface area contributed by atoms with Crippen LogP contribution in [-0.4, -0.2) is 47.3 Å². The van der Waals surface area contributed by atoms with Crippen LogP contribution in [0.15, 0.2) is 54.9 Å². The van der Waals surface area contributed by atoms with E-state index in [0.29, 0.717) is 24.3 Å². The van der Waals surface area contributed by atoms with Gasteiger partial charge in [-0.25, -0.2) is 9.18 Å². The lowest BCUT2D eigenvalue weighted by Gasteiger charge is -2.22. The van der Waals surface area contributed by atoms with Crippen molar-refractivity contribution in [2.75, 3.05) is 25.5 Å². The zero-order valence-corrected chi connectivity index (χ0v) is 18.1. The summed E-state index contributed by atoms with van der Waals surface area (Å²) >= 11 is 0. The van der Waals surface area contributed by atoms with Gasteiger partial charge in [-0.05, 0) is 48.0 Å². The van der Waals surface area contributed by atoms with Crippen molar-refractivity contribution in [1.82, 2.24) is 9.88 Å². The molecule has 34 heavy (non-hydrogen) atoms. The first-order valence-electron chi connectivity index (χ1n) is 10.4. The Balaban J connectivity index is 1.51. The number of nitrogens with zero attached hydrogens (tertiary/aromatic N) is 2. The van der Waals surface area contributed by atoms with Gasteiger partial charge in [0.25, 0.3) is 0 Å². The highest BCUT2D eigenvalue weighted by atomic mass is 19.4. The van der Waals surface area contributed by atoms with Gasteiger partial charge < -0.3 is 15.2 Å². The molecule has 178 valence electrons. The number of hydrogen-bond acceptors (Lipinski definition) is 5. The Labute approximate surface area is 192 Å². The standard InChI is InChI=1S/C24H21F4N3O3/c1-31-12-15-8-14(17-5-3-16(9-20(17)25)34-13-24(26,27)28)2-4-18(15)22(31)11-30-21-10-29-7-6-19(21)23(32)33/h2-10,22,30H,11-13H2,1H3,(H,32,33)/t22-/m1/s1. The molecule has 6 nitrogen and oxygen atoms in total. The Hall–Kier alpha value is -3.66. The number of pyridine rings is 1. The third-order valence-electron chi connectivity index (χ3n) is 5.65. The van der Waals surface area contributed by atoms with Crippen molar-refractivity contribution in [1.29, 1.82) is 0 Å². The molecule has 1 atom stereocenters. The summed E-state index contributed by atoms with van der Waals surface area (Å²) in [6.45, 7) is -0.448. The number of hydrogen-bond donors (Lipinski definition) is 2. The number of alkyl halides is 3. The summed E-state index contributed by atoms with van der Waals surface area (Å²) in [7, 11) is 1.93. The molecule has 0 spiro atoms. The van der Waals surface area contributed by atoms with E-state index in [1.54, 1.807) is 6.07 Å². The van der Waals surface area contributed by atoms with Crippen molar-refractivity contribution in [3.8, 4) is 16.9 Å². The maximum absolute atomic E-state index is 14.6. The van der Waals surface area contributed by atoms with Crippen LogP contribution < -0.4 is 10.1 Å². The number of fused-ring (bicyclic) bond motifs is 1. The number of likely N-dealkylation sites (N-methyl/N-ethyl adjacent to an activating group) is 1. The number of carboxylic acid groups (broad SMARTS) is 1. The van der Waals surface area contributed by atoms with E-state index in [-0.39, 0.29) is 22.9 Å². The average Bonchev–Trinajstić information content (AvgIpc) is 3.10. The molecule has 0 saturated carbocycles. The fourth-order valence-corrected chi connectivity index (χ4v) is 4.03. The highest BCUT2D eigenvalue weighted by Gasteiger charge is 2.29. The smallest absolute Gasteiger partial charge is 0.422 e. The number of aromatic nitrogens is 1. The average molecular weight is 475 g/mol. The number of benzene rings is 2. The van der Waals surface area contributed by atoms with Crippen LogP contribution in [0.5, 0.6) is 5.75 Å². The van der Waals surface area contributed by atoms with Crippen LogP contribution >= 0.6 is 0 Å². The summed E-state index contributed by atoms with van der Waals surface area (Å²) < 4.78 is 56.2. The van der Waals surface area contributed by atoms with E-state index in [9.17, 15) is 27.5 Å². The zero-order valence-electron chi connectivity index (χ0n) is 18.1. The monoisotopic (exact) mass is 475 g/mol. The second-order valence-electron chi connectivity index (χ2n) is 8.00. The number of rotatable bonds is 7. The molecule has 0 bridgehead atoms. The number of carboxylic acids is 1. The Morgan fingerprint density at radius 1 is 1.24 bits per heavy atom. The summed E-state index contributed by atoms with van der Waals surface area (Å²) in [5.41, 5.74) is 3.40. The molecule has 2 aromatic carbocycles. The largest absolute Gasteiger partial charge is 0.484 e. The van der Waals surface area contributed by atoms with Gasteiger partial charge in [-0.15, -0.1) is 0 Å². The van der Waals surface area contributed by atoms with E-state index < -0.39 is 24.6 Å². The van der Waals surface area contributed by atoms with Gasteiger partial charge in [0.1, 0.15) is 11.6 Å². The molecule has 2 N–H and O–H groups in total. The fraction of sp³-hybridized carbons (Fsp3) is 0.250. The number of nitrogens with one attached hydrogen (secondary N) is 1. The molecule has 3 aromatic rings. The SMILES string of the molecule is CN1Cc2cc(-c3ccc(OCC(F)(F)F)cc3F)ccc2[C@H]1CNc1cnccc1C(=O)O. The van der Waals surface area contributed by atoms with Crippen LogP contribution in [0.25, 0.3) is 11.1 Å². The van der Waals surface area contributed by atoms with Gasteiger partial charge in [0.05, 0.1) is 23.5 Å². The van der Waals surface area contributed by atoms with Crippen molar-refractivity contribution >= 4 is 11.7 Å². The first-order valence-corrected chi connectivity index (χ1v) is 10.4. The minimum absolute atomic E-state index is 0.0473. The summed E-state index contributed by atoms with van der Waals surface area (Å²) in [6.07, 6.45) is -1.62. The predicted octanol–water partition coefficient (Wildman–Crippen LogP) is 5.13. The summed E-state index contributed by atoms with van der Waals surface area (Å²) in [6, 6.07) is 10.5. The minimum Gasteiger partial charge on any atom is -0.484 e. The maximum Gasteiger partial charge on any atom is 0.422 e. The van der Waals surface area contributed by atoms with Crippen LogP contribution in [0.2, 0.25) is 0 Å². The molecule has 0 amide bonds. The van der Waals surface area contributed by atoms with Crippen molar-refractivity contribution < 1.29 is 32.2 Å². The van der Waals surface area contributed by atoms with Gasteiger partial charge in [0.15, 0.2) is 6.61 Å². The number of carbonyl (C=O) groups is 1. The number of ether oxygens (including phenoxy) is 1. The highest BCUT2D eigenvalue weighted by Crippen LogP contribution is 2.36. The van der Waals surface area contributed by atoms with Gasteiger partial charge in [0.2, 0.25) is 0 Å². The number of anilines is 1. The van der Waals surface area contributed by atoms with Gasteiger partial charge in [-0.1, -0.05) is 12.1 Å². The second-order valence-corrected chi connectivity index (χ2v) is 8.00. The Morgan fingerprint density at radius 3 is 2.74 bits per heavy atom. The summed E-state index contributed by atoms with van der Waals surface area (Å²) in [5, 5.41) is 12.5. The molecule has 1 aliphatic rings. The summed E-state index contributed by atoms with van der Waals surface area (Å²) in [4.78, 5) is 17.5. The lowest BCUT2D eigenvalue weighted by Crippen LogP contribution is -2.24. The van der Waals surface area contributed by atoms with Gasteiger partial charge in [-0.2, -0.15) is 13.2 Å². The Bertz CT molecular complexity index is 1220. The molecule has 0 fully saturated rings. The maximum atomic E-state index is 14.6. The summed E-state index contributed by atoms with van der Waals surface area (Å²) in [5.74, 6) is -1.92. The molecule has 1 aliphatic heterocycles. The topological polar surface area (TPSA) is 74.7 Å². The molecule has 2 heterocycles. The number of aromatic carboxylic acids is 1. The Morgan fingerprint density at radius 2 is 2.03 bits per heavy atom.